The van der Waals surface area contributed by atoms with Crippen molar-refractivity contribution in [1.82, 2.24) is 9.78 Å². The Labute approximate surface area is 89.0 Å². The molecule has 5 nitrogen and oxygen atoms in total. The summed E-state index contributed by atoms with van der Waals surface area (Å²) in [6.45, 7) is 6.03. The second kappa shape index (κ2) is 4.82. The zero-order chi connectivity index (χ0) is 11.4. The van der Waals surface area contributed by atoms with Crippen molar-refractivity contribution < 1.29 is 14.3 Å². The van der Waals surface area contributed by atoms with Crippen LogP contribution in [0.5, 0.6) is 5.88 Å². The maximum absolute atomic E-state index is 11.4. The number of hydrogen-bond acceptors (Lipinski definition) is 4. The minimum absolute atomic E-state index is 0.142. The molecule has 0 aliphatic rings. The first-order chi connectivity index (χ1) is 7.10. The Morgan fingerprint density at radius 2 is 2.27 bits per heavy atom. The zero-order valence-corrected chi connectivity index (χ0v) is 9.48. The van der Waals surface area contributed by atoms with E-state index >= 15 is 0 Å². The van der Waals surface area contributed by atoms with Crippen molar-refractivity contribution in [1.29, 1.82) is 0 Å². The number of carbonyl (C=O) groups is 1. The second-order valence-corrected chi connectivity index (χ2v) is 3.33. The molecule has 1 aromatic rings. The van der Waals surface area contributed by atoms with Crippen molar-refractivity contribution in [2.75, 3.05) is 13.7 Å². The van der Waals surface area contributed by atoms with E-state index in [9.17, 15) is 4.79 Å². The highest BCUT2D eigenvalue weighted by Gasteiger charge is 2.16. The molecule has 1 heterocycles. The van der Waals surface area contributed by atoms with Crippen molar-refractivity contribution in [2.24, 2.45) is 0 Å². The molecule has 1 aromatic heterocycles. The van der Waals surface area contributed by atoms with Crippen LogP contribution in [0.4, 0.5) is 0 Å². The number of ether oxygens (including phenoxy) is 2. The Morgan fingerprint density at radius 1 is 1.60 bits per heavy atom. The Hall–Kier alpha value is -1.52. The number of hydrogen-bond donors (Lipinski definition) is 0. The van der Waals surface area contributed by atoms with Crippen LogP contribution in [0, 0.1) is 0 Å². The summed E-state index contributed by atoms with van der Waals surface area (Å²) in [5, 5.41) is 4.12. The van der Waals surface area contributed by atoms with Crippen LogP contribution in [0.2, 0.25) is 0 Å². The van der Waals surface area contributed by atoms with Crippen LogP contribution in [0.15, 0.2) is 6.07 Å². The maximum Gasteiger partial charge on any atom is 0.358 e. The summed E-state index contributed by atoms with van der Waals surface area (Å²) in [4.78, 5) is 11.4. The molecule has 0 N–H and O–H groups in total. The molecule has 84 valence electrons. The quantitative estimate of drug-likeness (QED) is 0.712. The summed E-state index contributed by atoms with van der Waals surface area (Å²) >= 11 is 0. The van der Waals surface area contributed by atoms with Gasteiger partial charge in [0.25, 0.3) is 0 Å². The molecule has 1 rings (SSSR count). The molecule has 0 saturated carbocycles. The molecule has 0 unspecified atom stereocenters. The van der Waals surface area contributed by atoms with Gasteiger partial charge < -0.3 is 9.47 Å². The monoisotopic (exact) mass is 212 g/mol. The van der Waals surface area contributed by atoms with E-state index in [-0.39, 0.29) is 11.7 Å². The van der Waals surface area contributed by atoms with Crippen LogP contribution in [0.25, 0.3) is 0 Å². The van der Waals surface area contributed by atoms with Gasteiger partial charge in [0.15, 0.2) is 5.69 Å². The van der Waals surface area contributed by atoms with Crippen LogP contribution >= 0.6 is 0 Å². The van der Waals surface area contributed by atoms with Gasteiger partial charge in [0.05, 0.1) is 19.8 Å². The first-order valence-electron chi connectivity index (χ1n) is 4.90. The third-order valence-electron chi connectivity index (χ3n) is 1.88. The fraction of sp³-hybridized carbons (Fsp3) is 0.600. The normalized spacial score (nSPS) is 10.5. The lowest BCUT2D eigenvalue weighted by Gasteiger charge is -2.08. The van der Waals surface area contributed by atoms with Gasteiger partial charge in [0, 0.05) is 6.07 Å². The average molecular weight is 212 g/mol. The fourth-order valence-corrected chi connectivity index (χ4v) is 1.20. The summed E-state index contributed by atoms with van der Waals surface area (Å²) in [5.74, 6) is 0.142. The minimum atomic E-state index is -0.421. The van der Waals surface area contributed by atoms with Gasteiger partial charge >= 0.3 is 5.97 Å². The van der Waals surface area contributed by atoms with Crippen LogP contribution < -0.4 is 4.74 Å². The lowest BCUT2D eigenvalue weighted by Crippen LogP contribution is -2.09. The molecule has 5 heteroatoms. The Kier molecular flexibility index (Phi) is 3.71. The highest BCUT2D eigenvalue weighted by atomic mass is 16.5. The van der Waals surface area contributed by atoms with Gasteiger partial charge in [0.1, 0.15) is 0 Å². The van der Waals surface area contributed by atoms with Gasteiger partial charge in [-0.05, 0) is 20.8 Å². The minimum Gasteiger partial charge on any atom is -0.481 e. The van der Waals surface area contributed by atoms with Crippen LogP contribution in [-0.4, -0.2) is 29.5 Å². The van der Waals surface area contributed by atoms with Crippen molar-refractivity contribution in [3.05, 3.63) is 11.8 Å². The van der Waals surface area contributed by atoms with Gasteiger partial charge in [0.2, 0.25) is 5.88 Å². The molecule has 0 atom stereocenters. The Balaban J connectivity index is 2.97. The molecular weight excluding hydrogens is 196 g/mol. The smallest absolute Gasteiger partial charge is 0.358 e. The summed E-state index contributed by atoms with van der Waals surface area (Å²) < 4.78 is 11.6. The molecule has 0 radical (unpaired) electrons. The van der Waals surface area contributed by atoms with Gasteiger partial charge in [-0.1, -0.05) is 0 Å². The molecule has 0 amide bonds. The molecule has 0 saturated heterocycles. The zero-order valence-electron chi connectivity index (χ0n) is 9.48. The molecule has 0 aromatic carbocycles. The van der Waals surface area contributed by atoms with Crippen LogP contribution in [0.1, 0.15) is 37.3 Å². The summed E-state index contributed by atoms with van der Waals surface area (Å²) in [5.41, 5.74) is 0.280. The third-order valence-corrected chi connectivity index (χ3v) is 1.88. The summed E-state index contributed by atoms with van der Waals surface area (Å²) in [6, 6.07) is 1.72. The summed E-state index contributed by atoms with van der Waals surface area (Å²) in [7, 11) is 1.55. The van der Waals surface area contributed by atoms with Crippen molar-refractivity contribution in [3.63, 3.8) is 0 Å². The van der Waals surface area contributed by atoms with Gasteiger partial charge in [-0.25, -0.2) is 9.48 Å². The predicted octanol–water partition coefficient (Wildman–Crippen LogP) is 1.65. The van der Waals surface area contributed by atoms with Crippen molar-refractivity contribution in [3.8, 4) is 5.88 Å². The van der Waals surface area contributed by atoms with E-state index in [1.54, 1.807) is 24.8 Å². The lowest BCUT2D eigenvalue weighted by molar-refractivity contribution is 0.0518. The van der Waals surface area contributed by atoms with E-state index in [0.29, 0.717) is 12.5 Å². The predicted molar refractivity (Wildman–Crippen MR) is 55.1 cm³/mol. The highest BCUT2D eigenvalue weighted by Crippen LogP contribution is 2.18. The molecule has 0 aliphatic heterocycles. The first kappa shape index (κ1) is 11.6. The van der Waals surface area contributed by atoms with Gasteiger partial charge in [-0.15, -0.1) is 0 Å². The van der Waals surface area contributed by atoms with E-state index in [1.165, 1.54) is 0 Å². The lowest BCUT2D eigenvalue weighted by atomic mass is 10.4. The third kappa shape index (κ3) is 2.49. The van der Waals surface area contributed by atoms with E-state index in [0.717, 1.165) is 0 Å². The average Bonchev–Trinajstić information content (AvgIpc) is 2.61. The number of esters is 1. The fourth-order valence-electron chi connectivity index (χ4n) is 1.20. The van der Waals surface area contributed by atoms with E-state index in [4.69, 9.17) is 9.47 Å². The van der Waals surface area contributed by atoms with Crippen LogP contribution in [0.3, 0.4) is 0 Å². The van der Waals surface area contributed by atoms with Crippen LogP contribution in [-0.2, 0) is 4.74 Å². The molecule has 0 aliphatic carbocycles. The second-order valence-electron chi connectivity index (χ2n) is 3.33. The number of methoxy groups -OCH3 is 1. The standard InChI is InChI=1S/C10H16N2O3/c1-5-15-10(13)8-6-9(14-4)12(11-8)7(2)3/h6-7H,5H2,1-4H3. The van der Waals surface area contributed by atoms with E-state index in [2.05, 4.69) is 5.10 Å². The molecular formula is C10H16N2O3. The topological polar surface area (TPSA) is 53.4 Å². The number of nitrogens with zero attached hydrogens (tertiary/aromatic N) is 2. The number of carbonyl (C=O) groups excluding carboxylic acids is 1. The molecule has 0 spiro atoms. The van der Waals surface area contributed by atoms with Gasteiger partial charge in [-0.3, -0.25) is 0 Å². The van der Waals surface area contributed by atoms with E-state index in [1.807, 2.05) is 13.8 Å². The largest absolute Gasteiger partial charge is 0.481 e. The first-order valence-corrected chi connectivity index (χ1v) is 4.90. The van der Waals surface area contributed by atoms with E-state index < -0.39 is 5.97 Å². The Morgan fingerprint density at radius 3 is 2.67 bits per heavy atom. The number of rotatable bonds is 4. The van der Waals surface area contributed by atoms with Crippen molar-refractivity contribution in [2.45, 2.75) is 26.8 Å². The van der Waals surface area contributed by atoms with Crippen molar-refractivity contribution >= 4 is 5.97 Å². The number of aromatic nitrogens is 2. The molecule has 0 fully saturated rings. The maximum atomic E-state index is 11.4. The Bertz CT molecular complexity index is 344. The SMILES string of the molecule is CCOC(=O)c1cc(OC)n(C(C)C)n1. The molecule has 15 heavy (non-hydrogen) atoms. The highest BCUT2D eigenvalue weighted by molar-refractivity contribution is 5.87. The summed E-state index contributed by atoms with van der Waals surface area (Å²) in [6.07, 6.45) is 0. The van der Waals surface area contributed by atoms with Gasteiger partial charge in [-0.2, -0.15) is 5.10 Å². The molecule has 0 bridgehead atoms.